The van der Waals surface area contributed by atoms with Gasteiger partial charge in [-0.3, -0.25) is 4.79 Å². The smallest absolute Gasteiger partial charge is 0.255 e. The summed E-state index contributed by atoms with van der Waals surface area (Å²) >= 11 is 0. The van der Waals surface area contributed by atoms with Crippen LogP contribution in [0.2, 0.25) is 0 Å². The fraction of sp³-hybridized carbons (Fsp3) is 0.118. The maximum Gasteiger partial charge on any atom is 0.255 e. The molecule has 2 aromatic carbocycles. The Morgan fingerprint density at radius 1 is 1.20 bits per heavy atom. The lowest BCUT2D eigenvalue weighted by molar-refractivity contribution is 0.102. The molecule has 0 saturated heterocycles. The topological polar surface area (TPSA) is 49.3 Å². The second-order valence-corrected chi connectivity index (χ2v) is 4.31. The van der Waals surface area contributed by atoms with Crippen LogP contribution in [0, 0.1) is 18.8 Å². The van der Waals surface area contributed by atoms with E-state index in [1.165, 1.54) is 0 Å². The van der Waals surface area contributed by atoms with Gasteiger partial charge in [-0.15, -0.1) is 0 Å². The second kappa shape index (κ2) is 6.55. The highest BCUT2D eigenvalue weighted by Crippen LogP contribution is 2.14. The molecule has 0 atom stereocenters. The average Bonchev–Trinajstić information content (AvgIpc) is 2.47. The van der Waals surface area contributed by atoms with Gasteiger partial charge in [0.15, 0.2) is 0 Å². The molecule has 20 heavy (non-hydrogen) atoms. The number of hydrogen-bond donors (Lipinski definition) is 2. The standard InChI is InChI=1S/C17H15NO2/c1-13-9-10-14(6-5-11-19)12-16(13)17(20)18-15-7-3-2-4-8-15/h2-4,7-10,12,19H,11H2,1H3,(H,18,20). The van der Waals surface area contributed by atoms with Crippen molar-refractivity contribution in [1.82, 2.24) is 0 Å². The van der Waals surface area contributed by atoms with Gasteiger partial charge in [0.1, 0.15) is 6.61 Å². The lowest BCUT2D eigenvalue weighted by Crippen LogP contribution is -2.13. The normalized spacial score (nSPS) is 9.50. The number of aliphatic hydroxyl groups excluding tert-OH is 1. The minimum Gasteiger partial charge on any atom is -0.384 e. The van der Waals surface area contributed by atoms with Crippen LogP contribution in [0.25, 0.3) is 0 Å². The summed E-state index contributed by atoms with van der Waals surface area (Å²) in [7, 11) is 0. The van der Waals surface area contributed by atoms with Gasteiger partial charge in [0, 0.05) is 16.8 Å². The van der Waals surface area contributed by atoms with Gasteiger partial charge >= 0.3 is 0 Å². The molecule has 3 nitrogen and oxygen atoms in total. The largest absolute Gasteiger partial charge is 0.384 e. The van der Waals surface area contributed by atoms with Gasteiger partial charge in [-0.25, -0.2) is 0 Å². The molecule has 0 aliphatic heterocycles. The zero-order chi connectivity index (χ0) is 14.4. The molecule has 0 unspecified atom stereocenters. The van der Waals surface area contributed by atoms with Crippen LogP contribution >= 0.6 is 0 Å². The molecule has 0 bridgehead atoms. The fourth-order valence-corrected chi connectivity index (χ4v) is 1.81. The van der Waals surface area contributed by atoms with Gasteiger partial charge < -0.3 is 10.4 Å². The molecule has 100 valence electrons. The Balaban J connectivity index is 2.25. The predicted molar refractivity (Wildman–Crippen MR) is 79.5 cm³/mol. The highest BCUT2D eigenvalue weighted by atomic mass is 16.2. The summed E-state index contributed by atoms with van der Waals surface area (Å²) in [6.45, 7) is 1.68. The SMILES string of the molecule is Cc1ccc(C#CCO)cc1C(=O)Nc1ccccc1. The third kappa shape index (κ3) is 3.47. The summed E-state index contributed by atoms with van der Waals surface area (Å²) in [4.78, 5) is 12.3. The highest BCUT2D eigenvalue weighted by molar-refractivity contribution is 6.05. The van der Waals surface area contributed by atoms with Crippen LogP contribution in [0.15, 0.2) is 48.5 Å². The number of amides is 1. The molecule has 0 aliphatic rings. The van der Waals surface area contributed by atoms with Gasteiger partial charge in [0.2, 0.25) is 0 Å². The van der Waals surface area contributed by atoms with Gasteiger partial charge in [-0.2, -0.15) is 0 Å². The van der Waals surface area contributed by atoms with Crippen molar-refractivity contribution in [2.75, 3.05) is 11.9 Å². The molecular formula is C17H15NO2. The number of nitrogens with one attached hydrogen (secondary N) is 1. The molecular weight excluding hydrogens is 250 g/mol. The Labute approximate surface area is 118 Å². The number of hydrogen-bond acceptors (Lipinski definition) is 2. The average molecular weight is 265 g/mol. The Hall–Kier alpha value is -2.57. The monoisotopic (exact) mass is 265 g/mol. The van der Waals surface area contributed by atoms with E-state index in [1.54, 1.807) is 6.07 Å². The summed E-state index contributed by atoms with van der Waals surface area (Å²) in [6.07, 6.45) is 0. The van der Waals surface area contributed by atoms with Gasteiger partial charge in [-0.05, 0) is 36.8 Å². The zero-order valence-electron chi connectivity index (χ0n) is 11.2. The number of para-hydroxylation sites is 1. The molecule has 3 heteroatoms. The highest BCUT2D eigenvalue weighted by Gasteiger charge is 2.09. The van der Waals surface area contributed by atoms with Crippen LogP contribution in [0.3, 0.4) is 0 Å². The van der Waals surface area contributed by atoms with Gasteiger partial charge in [0.25, 0.3) is 5.91 Å². The first kappa shape index (κ1) is 13.9. The number of carbonyl (C=O) groups excluding carboxylic acids is 1. The van der Waals surface area contributed by atoms with Crippen LogP contribution < -0.4 is 5.32 Å². The first-order chi connectivity index (χ1) is 9.70. The first-order valence-electron chi connectivity index (χ1n) is 6.27. The zero-order valence-corrected chi connectivity index (χ0v) is 11.2. The molecule has 2 N–H and O–H groups in total. The number of aliphatic hydroxyl groups is 1. The van der Waals surface area contributed by atoms with Crippen LogP contribution in [-0.4, -0.2) is 17.6 Å². The van der Waals surface area contributed by atoms with E-state index in [0.29, 0.717) is 11.1 Å². The van der Waals surface area contributed by atoms with Gasteiger partial charge in [-0.1, -0.05) is 36.1 Å². The number of rotatable bonds is 2. The van der Waals surface area contributed by atoms with E-state index in [1.807, 2.05) is 49.4 Å². The van der Waals surface area contributed by atoms with Crippen LogP contribution in [0.4, 0.5) is 5.69 Å². The minimum atomic E-state index is -0.195. The van der Waals surface area contributed by atoms with E-state index in [-0.39, 0.29) is 12.5 Å². The lowest BCUT2D eigenvalue weighted by atomic mass is 10.0. The summed E-state index contributed by atoms with van der Waals surface area (Å²) in [5.41, 5.74) is 2.93. The second-order valence-electron chi connectivity index (χ2n) is 4.31. The quantitative estimate of drug-likeness (QED) is 0.820. The van der Waals surface area contributed by atoms with Crippen LogP contribution in [0.1, 0.15) is 21.5 Å². The summed E-state index contributed by atoms with van der Waals surface area (Å²) in [5, 5.41) is 11.5. The molecule has 1 amide bonds. The number of carbonyl (C=O) groups is 1. The molecule has 2 rings (SSSR count). The first-order valence-corrected chi connectivity index (χ1v) is 6.27. The third-order valence-electron chi connectivity index (χ3n) is 2.83. The number of anilines is 1. The molecule has 0 aromatic heterocycles. The Morgan fingerprint density at radius 3 is 2.65 bits per heavy atom. The Kier molecular flexibility index (Phi) is 4.54. The molecule has 0 spiro atoms. The predicted octanol–water partition coefficient (Wildman–Crippen LogP) is 2.59. The minimum absolute atomic E-state index is 0.165. The van der Waals surface area contributed by atoms with Crippen molar-refractivity contribution in [1.29, 1.82) is 0 Å². The maximum atomic E-state index is 12.3. The summed E-state index contributed by atoms with van der Waals surface area (Å²) in [6, 6.07) is 14.7. The Morgan fingerprint density at radius 2 is 1.95 bits per heavy atom. The van der Waals surface area contributed by atoms with Crippen molar-refractivity contribution in [2.24, 2.45) is 0 Å². The van der Waals surface area contributed by atoms with Crippen molar-refractivity contribution in [3.8, 4) is 11.8 Å². The van der Waals surface area contributed by atoms with E-state index in [4.69, 9.17) is 5.11 Å². The molecule has 0 radical (unpaired) electrons. The van der Waals surface area contributed by atoms with Crippen molar-refractivity contribution in [3.05, 3.63) is 65.2 Å². The molecule has 0 fully saturated rings. The third-order valence-corrected chi connectivity index (χ3v) is 2.83. The van der Waals surface area contributed by atoms with Crippen LogP contribution in [0.5, 0.6) is 0 Å². The lowest BCUT2D eigenvalue weighted by Gasteiger charge is -2.08. The number of benzene rings is 2. The van der Waals surface area contributed by atoms with Crippen molar-refractivity contribution < 1.29 is 9.90 Å². The molecule has 0 heterocycles. The van der Waals surface area contributed by atoms with Gasteiger partial charge in [0.05, 0.1) is 0 Å². The van der Waals surface area contributed by atoms with E-state index in [0.717, 1.165) is 11.3 Å². The van der Waals surface area contributed by atoms with E-state index >= 15 is 0 Å². The molecule has 0 aliphatic carbocycles. The van der Waals surface area contributed by atoms with Crippen molar-refractivity contribution in [3.63, 3.8) is 0 Å². The van der Waals surface area contributed by atoms with Crippen LogP contribution in [-0.2, 0) is 0 Å². The Bertz CT molecular complexity index is 666. The molecule has 2 aromatic rings. The van der Waals surface area contributed by atoms with Crippen molar-refractivity contribution in [2.45, 2.75) is 6.92 Å². The summed E-state index contributed by atoms with van der Waals surface area (Å²) < 4.78 is 0. The maximum absolute atomic E-state index is 12.3. The van der Waals surface area contributed by atoms with E-state index < -0.39 is 0 Å². The van der Waals surface area contributed by atoms with Crippen molar-refractivity contribution >= 4 is 11.6 Å². The summed E-state index contributed by atoms with van der Waals surface area (Å²) in [5.74, 6) is 5.21. The fourth-order valence-electron chi connectivity index (χ4n) is 1.81. The molecule has 0 saturated carbocycles. The number of aryl methyl sites for hydroxylation is 1. The van der Waals surface area contributed by atoms with E-state index in [9.17, 15) is 4.79 Å². The van der Waals surface area contributed by atoms with E-state index in [2.05, 4.69) is 17.2 Å².